The zero-order valence-corrected chi connectivity index (χ0v) is 9.79. The van der Waals surface area contributed by atoms with Crippen molar-refractivity contribution in [2.24, 2.45) is 5.73 Å². The van der Waals surface area contributed by atoms with Crippen LogP contribution in [0.15, 0.2) is 18.2 Å². The molecule has 100 valence electrons. The number of alkyl halides is 3. The molecule has 0 spiro atoms. The first-order valence-electron chi connectivity index (χ1n) is 5.18. The average molecular weight is 261 g/mol. The lowest BCUT2D eigenvalue weighted by atomic mass is 10.1. The van der Waals surface area contributed by atoms with E-state index < -0.39 is 18.5 Å². The van der Waals surface area contributed by atoms with Gasteiger partial charge >= 0.3 is 6.18 Å². The van der Waals surface area contributed by atoms with Crippen molar-refractivity contribution in [1.82, 2.24) is 0 Å². The van der Waals surface area contributed by atoms with Crippen molar-refractivity contribution in [3.63, 3.8) is 0 Å². The first-order chi connectivity index (χ1) is 8.20. The van der Waals surface area contributed by atoms with Gasteiger partial charge in [-0.25, -0.2) is 0 Å². The molecule has 0 aliphatic rings. The van der Waals surface area contributed by atoms with Gasteiger partial charge in [0.1, 0.15) is 0 Å². The van der Waals surface area contributed by atoms with Crippen LogP contribution in [0.5, 0.6) is 0 Å². The number of amides is 1. The number of primary amides is 1. The number of rotatable bonds is 4. The Labute approximate surface area is 102 Å². The Morgan fingerprint density at radius 2 is 2.00 bits per heavy atom. The number of nitrogens with zero attached hydrogens (tertiary/aromatic N) is 1. The SMILES string of the molecule is CN(CCC(F)(F)F)c1cc(N)ccc1C(N)=O. The molecule has 1 aromatic rings. The lowest BCUT2D eigenvalue weighted by Gasteiger charge is -2.22. The summed E-state index contributed by atoms with van der Waals surface area (Å²) in [6, 6.07) is 4.30. The highest BCUT2D eigenvalue weighted by Crippen LogP contribution is 2.25. The summed E-state index contributed by atoms with van der Waals surface area (Å²) >= 11 is 0. The number of carbonyl (C=O) groups is 1. The van der Waals surface area contributed by atoms with Crippen molar-refractivity contribution in [3.05, 3.63) is 23.8 Å². The minimum Gasteiger partial charge on any atom is -0.399 e. The van der Waals surface area contributed by atoms with Crippen LogP contribution in [0.4, 0.5) is 24.5 Å². The smallest absolute Gasteiger partial charge is 0.390 e. The molecule has 0 heterocycles. The molecule has 0 fully saturated rings. The molecule has 1 amide bonds. The van der Waals surface area contributed by atoms with Gasteiger partial charge in [0, 0.05) is 19.3 Å². The van der Waals surface area contributed by atoms with Gasteiger partial charge in [-0.05, 0) is 18.2 Å². The Bertz CT molecular complexity index is 446. The predicted molar refractivity (Wildman–Crippen MR) is 63.3 cm³/mol. The van der Waals surface area contributed by atoms with Gasteiger partial charge in [-0.2, -0.15) is 13.2 Å². The van der Waals surface area contributed by atoms with E-state index in [0.717, 1.165) is 0 Å². The van der Waals surface area contributed by atoms with Crippen LogP contribution in [0.1, 0.15) is 16.8 Å². The van der Waals surface area contributed by atoms with E-state index in [-0.39, 0.29) is 12.1 Å². The molecular weight excluding hydrogens is 247 g/mol. The summed E-state index contributed by atoms with van der Waals surface area (Å²) in [7, 11) is 1.45. The maximum atomic E-state index is 12.1. The zero-order chi connectivity index (χ0) is 13.9. The molecule has 0 saturated carbocycles. The van der Waals surface area contributed by atoms with Crippen LogP contribution in [-0.2, 0) is 0 Å². The van der Waals surface area contributed by atoms with E-state index in [4.69, 9.17) is 11.5 Å². The van der Waals surface area contributed by atoms with Crippen LogP contribution in [0, 0.1) is 0 Å². The second kappa shape index (κ2) is 5.16. The number of hydrogen-bond acceptors (Lipinski definition) is 3. The topological polar surface area (TPSA) is 72.3 Å². The molecule has 1 aromatic carbocycles. The summed E-state index contributed by atoms with van der Waals surface area (Å²) in [4.78, 5) is 12.5. The maximum absolute atomic E-state index is 12.1. The van der Waals surface area contributed by atoms with Crippen molar-refractivity contribution in [2.75, 3.05) is 24.2 Å². The Balaban J connectivity index is 2.93. The summed E-state index contributed by atoms with van der Waals surface area (Å²) in [5.74, 6) is -0.705. The quantitative estimate of drug-likeness (QED) is 0.811. The second-order valence-corrected chi connectivity index (χ2v) is 3.93. The summed E-state index contributed by atoms with van der Waals surface area (Å²) in [6.07, 6.45) is -5.22. The van der Waals surface area contributed by atoms with Crippen molar-refractivity contribution in [3.8, 4) is 0 Å². The fraction of sp³-hybridized carbons (Fsp3) is 0.364. The van der Waals surface area contributed by atoms with Gasteiger partial charge in [-0.15, -0.1) is 0 Å². The third-order valence-corrected chi connectivity index (χ3v) is 2.43. The Kier molecular flexibility index (Phi) is 4.05. The predicted octanol–water partition coefficient (Wildman–Crippen LogP) is 1.76. The number of nitrogens with two attached hydrogens (primary N) is 2. The van der Waals surface area contributed by atoms with Crippen LogP contribution in [-0.4, -0.2) is 25.7 Å². The minimum absolute atomic E-state index is 0.147. The van der Waals surface area contributed by atoms with E-state index in [9.17, 15) is 18.0 Å². The third kappa shape index (κ3) is 3.83. The van der Waals surface area contributed by atoms with Gasteiger partial charge in [-0.1, -0.05) is 0 Å². The molecule has 1 rings (SSSR count). The molecule has 7 heteroatoms. The van der Waals surface area contributed by atoms with E-state index in [2.05, 4.69) is 0 Å². The highest BCUT2D eigenvalue weighted by atomic mass is 19.4. The normalized spacial score (nSPS) is 11.3. The van der Waals surface area contributed by atoms with Gasteiger partial charge in [0.05, 0.1) is 17.7 Å². The van der Waals surface area contributed by atoms with Gasteiger partial charge in [-0.3, -0.25) is 4.79 Å². The summed E-state index contributed by atoms with van der Waals surface area (Å²) in [6.45, 7) is -0.271. The Hall–Kier alpha value is -1.92. The molecule has 0 aliphatic heterocycles. The van der Waals surface area contributed by atoms with Gasteiger partial charge in [0.15, 0.2) is 0 Å². The van der Waals surface area contributed by atoms with Crippen molar-refractivity contribution >= 4 is 17.3 Å². The Morgan fingerprint density at radius 1 is 1.39 bits per heavy atom. The van der Waals surface area contributed by atoms with Crippen molar-refractivity contribution in [2.45, 2.75) is 12.6 Å². The average Bonchev–Trinajstić information content (AvgIpc) is 2.24. The molecule has 0 aliphatic carbocycles. The number of hydrogen-bond donors (Lipinski definition) is 2. The summed E-state index contributed by atoms with van der Waals surface area (Å²) < 4.78 is 36.4. The third-order valence-electron chi connectivity index (χ3n) is 2.43. The van der Waals surface area contributed by atoms with E-state index in [1.807, 2.05) is 0 Å². The highest BCUT2D eigenvalue weighted by Gasteiger charge is 2.27. The van der Waals surface area contributed by atoms with E-state index >= 15 is 0 Å². The largest absolute Gasteiger partial charge is 0.399 e. The molecule has 4 nitrogen and oxygen atoms in total. The number of carbonyl (C=O) groups excluding carboxylic acids is 1. The van der Waals surface area contributed by atoms with Crippen LogP contribution in [0.25, 0.3) is 0 Å². The van der Waals surface area contributed by atoms with Gasteiger partial charge < -0.3 is 16.4 Å². The number of anilines is 2. The molecule has 0 bridgehead atoms. The monoisotopic (exact) mass is 261 g/mol. The van der Waals surface area contributed by atoms with E-state index in [1.165, 1.54) is 30.1 Å². The standard InChI is InChI=1S/C11H14F3N3O/c1-17(5-4-11(12,13)14)9-6-7(15)2-3-8(9)10(16)18/h2-3,6H,4-5,15H2,1H3,(H2,16,18). The molecule has 0 radical (unpaired) electrons. The fourth-order valence-corrected chi connectivity index (χ4v) is 1.49. The van der Waals surface area contributed by atoms with E-state index in [1.54, 1.807) is 0 Å². The van der Waals surface area contributed by atoms with Gasteiger partial charge in [0.25, 0.3) is 5.91 Å². The highest BCUT2D eigenvalue weighted by molar-refractivity contribution is 5.99. The molecule has 18 heavy (non-hydrogen) atoms. The molecular formula is C11H14F3N3O. The lowest BCUT2D eigenvalue weighted by Crippen LogP contribution is -2.26. The summed E-state index contributed by atoms with van der Waals surface area (Å²) in [5.41, 5.74) is 11.5. The second-order valence-electron chi connectivity index (χ2n) is 3.93. The number of halogens is 3. The van der Waals surface area contributed by atoms with E-state index in [0.29, 0.717) is 11.4 Å². The Morgan fingerprint density at radius 3 is 2.50 bits per heavy atom. The van der Waals surface area contributed by atoms with Crippen LogP contribution < -0.4 is 16.4 Å². The molecule has 0 saturated heterocycles. The maximum Gasteiger partial charge on any atom is 0.390 e. The van der Waals surface area contributed by atoms with Crippen LogP contribution >= 0.6 is 0 Å². The zero-order valence-electron chi connectivity index (χ0n) is 9.79. The minimum atomic E-state index is -4.25. The van der Waals surface area contributed by atoms with Crippen molar-refractivity contribution in [1.29, 1.82) is 0 Å². The van der Waals surface area contributed by atoms with Crippen LogP contribution in [0.2, 0.25) is 0 Å². The number of nitrogen functional groups attached to an aromatic ring is 1. The van der Waals surface area contributed by atoms with Gasteiger partial charge in [0.2, 0.25) is 0 Å². The molecule has 0 aromatic heterocycles. The molecule has 0 unspecified atom stereocenters. The lowest BCUT2D eigenvalue weighted by molar-refractivity contribution is -0.132. The number of benzene rings is 1. The molecule has 0 atom stereocenters. The first-order valence-corrected chi connectivity index (χ1v) is 5.18. The fourth-order valence-electron chi connectivity index (χ4n) is 1.49. The van der Waals surface area contributed by atoms with Crippen molar-refractivity contribution < 1.29 is 18.0 Å². The molecule has 4 N–H and O–H groups in total. The van der Waals surface area contributed by atoms with Crippen LogP contribution in [0.3, 0.4) is 0 Å². The first kappa shape index (κ1) is 14.1. The summed E-state index contributed by atoms with van der Waals surface area (Å²) in [5, 5.41) is 0.